The molecule has 3 rings (SSSR count). The highest BCUT2D eigenvalue weighted by molar-refractivity contribution is 6.29. The summed E-state index contributed by atoms with van der Waals surface area (Å²) in [5, 5.41) is 13.0. The zero-order chi connectivity index (χ0) is 15.6. The van der Waals surface area contributed by atoms with Crippen molar-refractivity contribution in [1.82, 2.24) is 10.3 Å². The molecule has 0 radical (unpaired) electrons. The first-order valence-electron chi connectivity index (χ1n) is 7.98. The molecule has 0 spiro atoms. The number of hydrogen-bond donors (Lipinski definition) is 2. The minimum atomic E-state index is -0.472. The Morgan fingerprint density at radius 3 is 2.59 bits per heavy atom. The Balaban J connectivity index is 1.79. The van der Waals surface area contributed by atoms with Crippen molar-refractivity contribution in [3.8, 4) is 0 Å². The van der Waals surface area contributed by atoms with E-state index < -0.39 is 5.54 Å². The Morgan fingerprint density at radius 2 is 1.95 bits per heavy atom. The molecule has 2 N–H and O–H groups in total. The van der Waals surface area contributed by atoms with E-state index in [1.807, 2.05) is 0 Å². The van der Waals surface area contributed by atoms with Crippen LogP contribution < -0.4 is 10.2 Å². The molecule has 6 heteroatoms. The molecular formula is C16H22ClN3O2. The molecule has 0 atom stereocenters. The minimum absolute atomic E-state index is 0.0173. The molecule has 0 aromatic carbocycles. The van der Waals surface area contributed by atoms with Crippen LogP contribution in [0.4, 0.5) is 5.82 Å². The highest BCUT2D eigenvalue weighted by Crippen LogP contribution is 2.30. The van der Waals surface area contributed by atoms with Crippen LogP contribution in [-0.2, 0) is 0 Å². The lowest BCUT2D eigenvalue weighted by molar-refractivity contribution is 0.0838. The second kappa shape index (κ2) is 6.42. The molecule has 5 nitrogen and oxygen atoms in total. The average molecular weight is 324 g/mol. The van der Waals surface area contributed by atoms with Gasteiger partial charge in [0.15, 0.2) is 0 Å². The second-order valence-electron chi connectivity index (χ2n) is 6.33. The minimum Gasteiger partial charge on any atom is -0.394 e. The maximum Gasteiger partial charge on any atom is 0.252 e. The van der Waals surface area contributed by atoms with Gasteiger partial charge in [-0.1, -0.05) is 24.4 Å². The van der Waals surface area contributed by atoms with Crippen LogP contribution in [-0.4, -0.2) is 41.2 Å². The maximum absolute atomic E-state index is 12.6. The van der Waals surface area contributed by atoms with Gasteiger partial charge in [-0.25, -0.2) is 4.98 Å². The molecule has 1 aliphatic heterocycles. The summed E-state index contributed by atoms with van der Waals surface area (Å²) >= 11 is 6.09. The first-order chi connectivity index (χ1) is 10.6. The summed E-state index contributed by atoms with van der Waals surface area (Å²) in [6.07, 6.45) is 6.01. The average Bonchev–Trinajstić information content (AvgIpc) is 3.18. The monoisotopic (exact) mass is 323 g/mol. The number of hydrogen-bond acceptors (Lipinski definition) is 4. The van der Waals surface area contributed by atoms with Crippen LogP contribution >= 0.6 is 11.6 Å². The fourth-order valence-electron chi connectivity index (χ4n) is 3.41. The van der Waals surface area contributed by atoms with Crippen molar-refractivity contribution in [3.05, 3.63) is 22.8 Å². The highest BCUT2D eigenvalue weighted by Gasteiger charge is 2.35. The third-order valence-corrected chi connectivity index (χ3v) is 4.91. The summed E-state index contributed by atoms with van der Waals surface area (Å²) < 4.78 is 0. The molecule has 22 heavy (non-hydrogen) atoms. The van der Waals surface area contributed by atoms with Gasteiger partial charge in [0.05, 0.1) is 12.1 Å². The number of aliphatic hydroxyl groups excluding tert-OH is 1. The van der Waals surface area contributed by atoms with E-state index in [-0.39, 0.29) is 12.5 Å². The van der Waals surface area contributed by atoms with Gasteiger partial charge in [-0.3, -0.25) is 4.79 Å². The van der Waals surface area contributed by atoms with Crippen LogP contribution in [0, 0.1) is 0 Å². The molecule has 120 valence electrons. The molecule has 2 heterocycles. The maximum atomic E-state index is 12.6. The quantitative estimate of drug-likeness (QED) is 0.835. The van der Waals surface area contributed by atoms with E-state index in [1.54, 1.807) is 12.1 Å². The van der Waals surface area contributed by atoms with Crippen LogP contribution in [0.3, 0.4) is 0 Å². The van der Waals surface area contributed by atoms with Gasteiger partial charge in [0.1, 0.15) is 11.0 Å². The summed E-state index contributed by atoms with van der Waals surface area (Å²) in [6.45, 7) is 1.89. The fraction of sp³-hybridized carbons (Fsp3) is 0.625. The first kappa shape index (κ1) is 15.6. The molecule has 1 amide bonds. The molecule has 1 aliphatic carbocycles. The topological polar surface area (TPSA) is 65.5 Å². The summed E-state index contributed by atoms with van der Waals surface area (Å²) in [6, 6.07) is 3.39. The number of amides is 1. The predicted octanol–water partition coefficient (Wildman–Crippen LogP) is 2.37. The molecule has 2 aliphatic rings. The number of carbonyl (C=O) groups excluding carboxylic acids is 1. The van der Waals surface area contributed by atoms with Crippen LogP contribution in [0.2, 0.25) is 5.15 Å². The van der Waals surface area contributed by atoms with Crippen molar-refractivity contribution < 1.29 is 9.90 Å². The van der Waals surface area contributed by atoms with Gasteiger partial charge in [0, 0.05) is 18.7 Å². The summed E-state index contributed by atoms with van der Waals surface area (Å²) in [7, 11) is 0. The Bertz CT molecular complexity index is 552. The number of nitrogens with one attached hydrogen (secondary N) is 1. The van der Waals surface area contributed by atoms with Crippen molar-refractivity contribution in [2.45, 2.75) is 44.1 Å². The van der Waals surface area contributed by atoms with Crippen molar-refractivity contribution in [1.29, 1.82) is 0 Å². The van der Waals surface area contributed by atoms with Crippen molar-refractivity contribution in [2.24, 2.45) is 0 Å². The molecule has 0 unspecified atom stereocenters. The molecule has 1 aromatic heterocycles. The fourth-order valence-corrected chi connectivity index (χ4v) is 3.61. The number of pyridine rings is 1. The van der Waals surface area contributed by atoms with E-state index in [4.69, 9.17) is 11.6 Å². The van der Waals surface area contributed by atoms with Gasteiger partial charge in [-0.15, -0.1) is 0 Å². The van der Waals surface area contributed by atoms with Crippen molar-refractivity contribution >= 4 is 23.3 Å². The predicted molar refractivity (Wildman–Crippen MR) is 86.4 cm³/mol. The SMILES string of the molecule is O=C(NC1(CO)CCCC1)c1cc(Cl)nc(N2CCCC2)c1. The Morgan fingerprint density at radius 1 is 1.27 bits per heavy atom. The third-order valence-electron chi connectivity index (χ3n) is 4.71. The number of aliphatic hydroxyl groups is 1. The molecule has 1 saturated carbocycles. The largest absolute Gasteiger partial charge is 0.394 e. The summed E-state index contributed by atoms with van der Waals surface area (Å²) in [5.74, 6) is 0.584. The number of halogens is 1. The Hall–Kier alpha value is -1.33. The lowest BCUT2D eigenvalue weighted by Crippen LogP contribution is -2.49. The van der Waals surface area contributed by atoms with Gasteiger partial charge in [-0.2, -0.15) is 0 Å². The molecule has 1 saturated heterocycles. The van der Waals surface area contributed by atoms with E-state index in [0.29, 0.717) is 10.7 Å². The number of anilines is 1. The second-order valence-corrected chi connectivity index (χ2v) is 6.72. The summed E-state index contributed by atoms with van der Waals surface area (Å²) in [5.41, 5.74) is 0.0438. The first-order valence-corrected chi connectivity index (χ1v) is 8.36. The Labute approximate surface area is 135 Å². The zero-order valence-electron chi connectivity index (χ0n) is 12.6. The standard InChI is InChI=1S/C16H22ClN3O2/c17-13-9-12(10-14(18-13)20-7-3-4-8-20)15(22)19-16(11-21)5-1-2-6-16/h9-10,21H,1-8,11H2,(H,19,22). The van der Waals surface area contributed by atoms with E-state index in [0.717, 1.165) is 57.4 Å². The van der Waals surface area contributed by atoms with Crippen LogP contribution in [0.5, 0.6) is 0 Å². The molecule has 0 bridgehead atoms. The van der Waals surface area contributed by atoms with Gasteiger partial charge in [0.2, 0.25) is 0 Å². The molecule has 1 aromatic rings. The van der Waals surface area contributed by atoms with Gasteiger partial charge < -0.3 is 15.3 Å². The summed E-state index contributed by atoms with van der Waals surface area (Å²) in [4.78, 5) is 19.0. The number of rotatable bonds is 4. The van der Waals surface area contributed by atoms with Gasteiger partial charge in [0.25, 0.3) is 5.91 Å². The smallest absolute Gasteiger partial charge is 0.252 e. The van der Waals surface area contributed by atoms with E-state index in [9.17, 15) is 9.90 Å². The normalized spacial score (nSPS) is 20.4. The van der Waals surface area contributed by atoms with Crippen molar-refractivity contribution in [3.63, 3.8) is 0 Å². The lowest BCUT2D eigenvalue weighted by atomic mass is 9.98. The Kier molecular flexibility index (Phi) is 4.54. The van der Waals surface area contributed by atoms with Gasteiger partial charge >= 0.3 is 0 Å². The molecular weight excluding hydrogens is 302 g/mol. The zero-order valence-corrected chi connectivity index (χ0v) is 13.4. The van der Waals surface area contributed by atoms with E-state index in [1.165, 1.54) is 0 Å². The van der Waals surface area contributed by atoms with E-state index >= 15 is 0 Å². The van der Waals surface area contributed by atoms with Crippen LogP contribution in [0.15, 0.2) is 12.1 Å². The van der Waals surface area contributed by atoms with E-state index in [2.05, 4.69) is 15.2 Å². The van der Waals surface area contributed by atoms with Gasteiger partial charge in [-0.05, 0) is 37.8 Å². The molecule has 2 fully saturated rings. The highest BCUT2D eigenvalue weighted by atomic mass is 35.5. The lowest BCUT2D eigenvalue weighted by Gasteiger charge is -2.28. The number of aromatic nitrogens is 1. The third kappa shape index (κ3) is 3.20. The number of nitrogens with zero attached hydrogens (tertiary/aromatic N) is 2. The van der Waals surface area contributed by atoms with Crippen LogP contribution in [0.25, 0.3) is 0 Å². The number of carbonyl (C=O) groups is 1. The van der Waals surface area contributed by atoms with Crippen molar-refractivity contribution in [2.75, 3.05) is 24.6 Å². The van der Waals surface area contributed by atoms with Crippen LogP contribution in [0.1, 0.15) is 48.9 Å².